The van der Waals surface area contributed by atoms with Gasteiger partial charge in [0, 0.05) is 19.1 Å². The Morgan fingerprint density at radius 3 is 2.28 bits per heavy atom. The minimum absolute atomic E-state index is 0.00718. The third kappa shape index (κ3) is 4.04. The van der Waals surface area contributed by atoms with Gasteiger partial charge in [0.2, 0.25) is 0 Å². The molecular formula is C14H22N2O2. The molecule has 4 heteroatoms. The number of hydrogen-bond donors (Lipinski definition) is 1. The molecule has 4 nitrogen and oxygen atoms in total. The molecule has 1 aromatic rings. The summed E-state index contributed by atoms with van der Waals surface area (Å²) in [6, 6.07) is 7.69. The number of benzene rings is 1. The Morgan fingerprint density at radius 2 is 1.83 bits per heavy atom. The zero-order valence-corrected chi connectivity index (χ0v) is 11.5. The molecule has 2 N–H and O–H groups in total. The van der Waals surface area contributed by atoms with Gasteiger partial charge in [-0.1, -0.05) is 12.1 Å². The van der Waals surface area contributed by atoms with E-state index in [9.17, 15) is 4.79 Å². The van der Waals surface area contributed by atoms with Gasteiger partial charge < -0.3 is 15.4 Å². The van der Waals surface area contributed by atoms with Gasteiger partial charge in [-0.2, -0.15) is 0 Å². The van der Waals surface area contributed by atoms with Gasteiger partial charge in [-0.25, -0.2) is 0 Å². The van der Waals surface area contributed by atoms with Crippen LogP contribution in [0.25, 0.3) is 0 Å². The van der Waals surface area contributed by atoms with Crippen molar-refractivity contribution in [1.82, 2.24) is 4.90 Å². The molecule has 1 amide bonds. The van der Waals surface area contributed by atoms with Crippen molar-refractivity contribution in [2.75, 3.05) is 13.7 Å². The molecule has 100 valence electrons. The lowest BCUT2D eigenvalue weighted by Crippen LogP contribution is -2.36. The Kier molecular flexibility index (Phi) is 5.16. The molecule has 0 bridgehead atoms. The lowest BCUT2D eigenvalue weighted by Gasteiger charge is -2.21. The summed E-state index contributed by atoms with van der Waals surface area (Å²) in [4.78, 5) is 13.4. The molecule has 0 spiro atoms. The van der Waals surface area contributed by atoms with Crippen molar-refractivity contribution >= 4 is 5.91 Å². The zero-order chi connectivity index (χ0) is 13.7. The molecule has 0 fully saturated rings. The Hall–Kier alpha value is -1.55. The largest absolute Gasteiger partial charge is 0.484 e. The van der Waals surface area contributed by atoms with Crippen LogP contribution >= 0.6 is 0 Å². The number of carbonyl (C=O) groups is 1. The monoisotopic (exact) mass is 250 g/mol. The second-order valence-corrected chi connectivity index (χ2v) is 4.74. The third-order valence-corrected chi connectivity index (χ3v) is 2.94. The van der Waals surface area contributed by atoms with E-state index in [1.165, 1.54) is 0 Å². The first-order valence-corrected chi connectivity index (χ1v) is 6.15. The maximum atomic E-state index is 11.7. The van der Waals surface area contributed by atoms with Crippen molar-refractivity contribution in [3.63, 3.8) is 0 Å². The molecule has 0 unspecified atom stereocenters. The molecule has 0 saturated carbocycles. The highest BCUT2D eigenvalue weighted by molar-refractivity contribution is 5.77. The topological polar surface area (TPSA) is 55.6 Å². The molecule has 0 heterocycles. The van der Waals surface area contributed by atoms with Crippen LogP contribution in [-0.2, 0) is 4.79 Å². The summed E-state index contributed by atoms with van der Waals surface area (Å²) in [5, 5.41) is 0. The van der Waals surface area contributed by atoms with Crippen LogP contribution in [0.3, 0.4) is 0 Å². The molecule has 0 aliphatic rings. The van der Waals surface area contributed by atoms with Crippen molar-refractivity contribution in [3.8, 4) is 5.75 Å². The number of rotatable bonds is 5. The number of likely N-dealkylation sites (N-methyl/N-ethyl adjacent to an activating group) is 1. The summed E-state index contributed by atoms with van der Waals surface area (Å²) < 4.78 is 5.44. The predicted molar refractivity (Wildman–Crippen MR) is 72.4 cm³/mol. The zero-order valence-electron chi connectivity index (χ0n) is 11.5. The molecule has 0 radical (unpaired) electrons. The Labute approximate surface area is 109 Å². The van der Waals surface area contributed by atoms with Gasteiger partial charge in [0.15, 0.2) is 6.61 Å². The van der Waals surface area contributed by atoms with Crippen LogP contribution in [0.4, 0.5) is 0 Å². The Bertz CT molecular complexity index is 385. The van der Waals surface area contributed by atoms with Gasteiger partial charge in [0.05, 0.1) is 0 Å². The molecule has 0 aliphatic carbocycles. The summed E-state index contributed by atoms with van der Waals surface area (Å²) in [5.41, 5.74) is 6.81. The first-order valence-electron chi connectivity index (χ1n) is 6.15. The minimum Gasteiger partial charge on any atom is -0.484 e. The standard InChI is InChI=1S/C14H22N2O2/c1-10(2)16(4)14(17)9-18-13-7-5-12(6-8-13)11(3)15/h5-8,10-11H,9,15H2,1-4H3/t11-/m0/s1. The van der Waals surface area contributed by atoms with Gasteiger partial charge in [-0.05, 0) is 38.5 Å². The fraction of sp³-hybridized carbons (Fsp3) is 0.500. The van der Waals surface area contributed by atoms with Crippen molar-refractivity contribution in [3.05, 3.63) is 29.8 Å². The number of ether oxygens (including phenoxy) is 1. The quantitative estimate of drug-likeness (QED) is 0.869. The van der Waals surface area contributed by atoms with E-state index in [4.69, 9.17) is 10.5 Å². The number of hydrogen-bond acceptors (Lipinski definition) is 3. The second-order valence-electron chi connectivity index (χ2n) is 4.74. The van der Waals surface area contributed by atoms with Gasteiger partial charge in [-0.15, -0.1) is 0 Å². The molecule has 18 heavy (non-hydrogen) atoms. The maximum absolute atomic E-state index is 11.7. The van der Waals surface area contributed by atoms with Crippen LogP contribution in [-0.4, -0.2) is 30.5 Å². The van der Waals surface area contributed by atoms with Crippen molar-refractivity contribution in [1.29, 1.82) is 0 Å². The van der Waals surface area contributed by atoms with E-state index in [1.807, 2.05) is 45.0 Å². The van der Waals surface area contributed by atoms with E-state index < -0.39 is 0 Å². The Morgan fingerprint density at radius 1 is 1.28 bits per heavy atom. The third-order valence-electron chi connectivity index (χ3n) is 2.94. The average molecular weight is 250 g/mol. The summed E-state index contributed by atoms with van der Waals surface area (Å²) in [6.07, 6.45) is 0. The number of carbonyl (C=O) groups excluding carboxylic acids is 1. The fourth-order valence-corrected chi connectivity index (χ4v) is 1.40. The Balaban J connectivity index is 2.51. The number of nitrogens with two attached hydrogens (primary N) is 1. The van der Waals surface area contributed by atoms with Crippen molar-refractivity contribution in [2.24, 2.45) is 5.73 Å². The van der Waals surface area contributed by atoms with E-state index in [0.717, 1.165) is 5.56 Å². The highest BCUT2D eigenvalue weighted by Crippen LogP contribution is 2.16. The molecule has 1 aromatic carbocycles. The van der Waals surface area contributed by atoms with Gasteiger partial charge in [-0.3, -0.25) is 4.79 Å². The van der Waals surface area contributed by atoms with E-state index in [-0.39, 0.29) is 24.6 Å². The van der Waals surface area contributed by atoms with Gasteiger partial charge in [0.25, 0.3) is 5.91 Å². The van der Waals surface area contributed by atoms with Gasteiger partial charge in [0.1, 0.15) is 5.75 Å². The first-order chi connectivity index (χ1) is 8.41. The molecule has 0 aromatic heterocycles. The van der Waals surface area contributed by atoms with Crippen LogP contribution in [0.15, 0.2) is 24.3 Å². The maximum Gasteiger partial charge on any atom is 0.260 e. The lowest BCUT2D eigenvalue weighted by molar-refractivity contribution is -0.133. The number of nitrogens with zero attached hydrogens (tertiary/aromatic N) is 1. The summed E-state index contributed by atoms with van der Waals surface area (Å²) in [6.45, 7) is 5.92. The smallest absolute Gasteiger partial charge is 0.260 e. The SMILES string of the molecule is CC(C)N(C)C(=O)COc1ccc([C@H](C)N)cc1. The van der Waals surface area contributed by atoms with E-state index >= 15 is 0 Å². The van der Waals surface area contributed by atoms with Gasteiger partial charge >= 0.3 is 0 Å². The summed E-state index contributed by atoms with van der Waals surface area (Å²) in [5.74, 6) is 0.658. The molecule has 1 rings (SSSR count). The molecule has 1 atom stereocenters. The highest BCUT2D eigenvalue weighted by atomic mass is 16.5. The van der Waals surface area contributed by atoms with Crippen LogP contribution in [0.5, 0.6) is 5.75 Å². The number of amides is 1. The van der Waals surface area contributed by atoms with E-state index in [2.05, 4.69) is 0 Å². The molecule has 0 aliphatic heterocycles. The molecule has 0 saturated heterocycles. The second kappa shape index (κ2) is 6.40. The highest BCUT2D eigenvalue weighted by Gasteiger charge is 2.12. The van der Waals surface area contributed by atoms with Crippen LogP contribution < -0.4 is 10.5 Å². The normalized spacial score (nSPS) is 12.3. The predicted octanol–water partition coefficient (Wildman–Crippen LogP) is 1.95. The fourth-order valence-electron chi connectivity index (χ4n) is 1.40. The van der Waals surface area contributed by atoms with Crippen LogP contribution in [0.2, 0.25) is 0 Å². The average Bonchev–Trinajstić information content (AvgIpc) is 2.35. The van der Waals surface area contributed by atoms with E-state index in [1.54, 1.807) is 11.9 Å². The van der Waals surface area contributed by atoms with Crippen LogP contribution in [0, 0.1) is 0 Å². The van der Waals surface area contributed by atoms with Crippen LogP contribution in [0.1, 0.15) is 32.4 Å². The first kappa shape index (κ1) is 14.5. The van der Waals surface area contributed by atoms with E-state index in [0.29, 0.717) is 5.75 Å². The van der Waals surface area contributed by atoms with Crippen molar-refractivity contribution < 1.29 is 9.53 Å². The molecular weight excluding hydrogens is 228 g/mol. The lowest BCUT2D eigenvalue weighted by atomic mass is 10.1. The summed E-state index contributed by atoms with van der Waals surface area (Å²) in [7, 11) is 1.77. The minimum atomic E-state index is -0.0266. The summed E-state index contributed by atoms with van der Waals surface area (Å²) >= 11 is 0. The van der Waals surface area contributed by atoms with Crippen molar-refractivity contribution in [2.45, 2.75) is 32.9 Å².